The molecule has 5 nitrogen and oxygen atoms in total. The third-order valence-electron chi connectivity index (χ3n) is 3.56. The van der Waals surface area contributed by atoms with Gasteiger partial charge in [-0.25, -0.2) is 0 Å². The largest absolute Gasteiger partial charge is 0.492 e. The molecule has 1 N–H and O–H groups in total. The Bertz CT molecular complexity index is 579. The quantitative estimate of drug-likeness (QED) is 0.851. The molecule has 114 valence electrons. The number of pyridine rings is 1. The number of hydrogen-bond acceptors (Lipinski definition) is 4. The minimum absolute atomic E-state index is 0.0894. The van der Waals surface area contributed by atoms with Crippen molar-refractivity contribution in [2.45, 2.75) is 33.2 Å². The van der Waals surface area contributed by atoms with Crippen LogP contribution in [0.25, 0.3) is 0 Å². The van der Waals surface area contributed by atoms with Gasteiger partial charge in [-0.05, 0) is 38.4 Å². The number of ether oxygens (including phenoxy) is 1. The van der Waals surface area contributed by atoms with Gasteiger partial charge in [0, 0.05) is 24.5 Å². The molecule has 1 atom stereocenters. The zero-order valence-electron chi connectivity index (χ0n) is 13.3. The van der Waals surface area contributed by atoms with Crippen LogP contribution in [0.15, 0.2) is 24.7 Å². The van der Waals surface area contributed by atoms with Gasteiger partial charge in [0.1, 0.15) is 5.75 Å². The van der Waals surface area contributed by atoms with E-state index >= 15 is 0 Å². The van der Waals surface area contributed by atoms with Gasteiger partial charge in [0.25, 0.3) is 0 Å². The summed E-state index contributed by atoms with van der Waals surface area (Å²) in [6.45, 7) is 7.81. The van der Waals surface area contributed by atoms with E-state index in [4.69, 9.17) is 4.74 Å². The van der Waals surface area contributed by atoms with Gasteiger partial charge in [-0.1, -0.05) is 6.92 Å². The molecule has 2 rings (SSSR count). The Kier molecular flexibility index (Phi) is 5.33. The summed E-state index contributed by atoms with van der Waals surface area (Å²) in [5, 5.41) is 7.93. The molecule has 0 bridgehead atoms. The number of aryl methyl sites for hydroxylation is 1. The van der Waals surface area contributed by atoms with Crippen LogP contribution in [0, 0.1) is 6.92 Å². The summed E-state index contributed by atoms with van der Waals surface area (Å²) in [6.07, 6.45) is 6.65. The maximum atomic E-state index is 5.56. The molecule has 0 aliphatic carbocycles. The molecule has 0 aliphatic heterocycles. The first-order valence-corrected chi connectivity index (χ1v) is 7.47. The minimum Gasteiger partial charge on any atom is -0.492 e. The Labute approximate surface area is 126 Å². The number of rotatable bonds is 7. The molecule has 2 aromatic heterocycles. The van der Waals surface area contributed by atoms with Gasteiger partial charge < -0.3 is 10.1 Å². The van der Waals surface area contributed by atoms with Crippen molar-refractivity contribution >= 4 is 0 Å². The highest BCUT2D eigenvalue weighted by Crippen LogP contribution is 2.26. The van der Waals surface area contributed by atoms with Crippen molar-refractivity contribution in [3.05, 3.63) is 41.5 Å². The molecule has 0 amide bonds. The van der Waals surface area contributed by atoms with Gasteiger partial charge in [-0.3, -0.25) is 9.67 Å². The van der Waals surface area contributed by atoms with Gasteiger partial charge in [0.05, 0.1) is 25.0 Å². The van der Waals surface area contributed by atoms with Crippen LogP contribution in [-0.4, -0.2) is 27.9 Å². The molecule has 0 aromatic carbocycles. The third kappa shape index (κ3) is 3.61. The van der Waals surface area contributed by atoms with Crippen LogP contribution >= 0.6 is 0 Å². The first kappa shape index (κ1) is 15.5. The summed E-state index contributed by atoms with van der Waals surface area (Å²) in [4.78, 5) is 4.30. The van der Waals surface area contributed by atoms with Gasteiger partial charge in [0.2, 0.25) is 0 Å². The minimum atomic E-state index is 0.0894. The Morgan fingerprint density at radius 3 is 2.71 bits per heavy atom. The zero-order valence-corrected chi connectivity index (χ0v) is 13.3. The molecule has 0 aliphatic rings. The average Bonchev–Trinajstić information content (AvgIpc) is 2.81. The summed E-state index contributed by atoms with van der Waals surface area (Å²) in [7, 11) is 1.96. The highest BCUT2D eigenvalue weighted by Gasteiger charge is 2.19. The molecular formula is C16H24N4O. The van der Waals surface area contributed by atoms with Gasteiger partial charge >= 0.3 is 0 Å². The lowest BCUT2D eigenvalue weighted by molar-refractivity contribution is 0.338. The second kappa shape index (κ2) is 7.22. The summed E-state index contributed by atoms with van der Waals surface area (Å²) in [6, 6.07) is 2.14. The molecule has 5 heteroatoms. The van der Waals surface area contributed by atoms with E-state index in [1.807, 2.05) is 31.0 Å². The normalized spacial score (nSPS) is 12.4. The van der Waals surface area contributed by atoms with E-state index in [0.29, 0.717) is 6.61 Å². The second-order valence-electron chi connectivity index (χ2n) is 5.08. The summed E-state index contributed by atoms with van der Waals surface area (Å²) in [5.74, 6) is 0.805. The van der Waals surface area contributed by atoms with Crippen molar-refractivity contribution < 1.29 is 4.74 Å². The number of nitrogens with one attached hydrogen (secondary N) is 1. The van der Waals surface area contributed by atoms with E-state index in [-0.39, 0.29) is 6.04 Å². The Balaban J connectivity index is 2.35. The Morgan fingerprint density at radius 1 is 1.29 bits per heavy atom. The number of aromatic nitrogens is 3. The fourth-order valence-electron chi connectivity index (χ4n) is 2.33. The molecule has 0 spiro atoms. The summed E-state index contributed by atoms with van der Waals surface area (Å²) in [5.41, 5.74) is 3.44. The first-order chi connectivity index (χ1) is 10.2. The van der Waals surface area contributed by atoms with Crippen molar-refractivity contribution in [2.24, 2.45) is 7.05 Å². The highest BCUT2D eigenvalue weighted by atomic mass is 16.5. The lowest BCUT2D eigenvalue weighted by Crippen LogP contribution is -2.24. The predicted molar refractivity (Wildman–Crippen MR) is 83.5 cm³/mol. The SMILES string of the molecule is CCCNC(c1cncc(OCC)c1)c1cnn(C)c1C. The smallest absolute Gasteiger partial charge is 0.137 e. The van der Waals surface area contributed by atoms with E-state index in [1.54, 1.807) is 6.20 Å². The van der Waals surface area contributed by atoms with Crippen LogP contribution < -0.4 is 10.1 Å². The van der Waals surface area contributed by atoms with Gasteiger partial charge in [-0.15, -0.1) is 0 Å². The van der Waals surface area contributed by atoms with Crippen molar-refractivity contribution in [2.75, 3.05) is 13.2 Å². The van der Waals surface area contributed by atoms with Crippen LogP contribution in [0.5, 0.6) is 5.75 Å². The molecule has 1 unspecified atom stereocenters. The van der Waals surface area contributed by atoms with Crippen LogP contribution in [0.2, 0.25) is 0 Å². The van der Waals surface area contributed by atoms with E-state index in [9.17, 15) is 0 Å². The zero-order chi connectivity index (χ0) is 15.2. The molecule has 0 fully saturated rings. The lowest BCUT2D eigenvalue weighted by Gasteiger charge is -2.19. The van der Waals surface area contributed by atoms with Crippen LogP contribution in [0.1, 0.15) is 43.1 Å². The molecular weight excluding hydrogens is 264 g/mol. The fourth-order valence-corrected chi connectivity index (χ4v) is 2.33. The topological polar surface area (TPSA) is 52.0 Å². The van der Waals surface area contributed by atoms with Crippen molar-refractivity contribution in [3.8, 4) is 5.75 Å². The second-order valence-corrected chi connectivity index (χ2v) is 5.08. The monoisotopic (exact) mass is 288 g/mol. The standard InChI is InChI=1S/C16H24N4O/c1-5-7-18-16(15-11-19-20(4)12(15)3)13-8-14(21-6-2)10-17-9-13/h8-11,16,18H,5-7H2,1-4H3. The Hall–Kier alpha value is -1.88. The number of nitrogens with zero attached hydrogens (tertiary/aromatic N) is 3. The van der Waals surface area contributed by atoms with Gasteiger partial charge in [-0.2, -0.15) is 5.10 Å². The lowest BCUT2D eigenvalue weighted by atomic mass is 10.0. The maximum Gasteiger partial charge on any atom is 0.137 e. The molecule has 0 radical (unpaired) electrons. The third-order valence-corrected chi connectivity index (χ3v) is 3.56. The van der Waals surface area contributed by atoms with Crippen LogP contribution in [-0.2, 0) is 7.05 Å². The van der Waals surface area contributed by atoms with Crippen molar-refractivity contribution in [1.82, 2.24) is 20.1 Å². The average molecular weight is 288 g/mol. The van der Waals surface area contributed by atoms with E-state index in [1.165, 1.54) is 5.56 Å². The summed E-state index contributed by atoms with van der Waals surface area (Å²) >= 11 is 0. The first-order valence-electron chi connectivity index (χ1n) is 7.47. The van der Waals surface area contributed by atoms with Crippen LogP contribution in [0.4, 0.5) is 0 Å². The predicted octanol–water partition coefficient (Wildman–Crippen LogP) is 2.61. The van der Waals surface area contributed by atoms with Crippen molar-refractivity contribution in [3.63, 3.8) is 0 Å². The number of hydrogen-bond donors (Lipinski definition) is 1. The van der Waals surface area contributed by atoms with Gasteiger partial charge in [0.15, 0.2) is 0 Å². The molecule has 0 saturated heterocycles. The van der Waals surface area contributed by atoms with E-state index in [0.717, 1.165) is 30.0 Å². The van der Waals surface area contributed by atoms with Crippen LogP contribution in [0.3, 0.4) is 0 Å². The van der Waals surface area contributed by atoms with E-state index < -0.39 is 0 Å². The van der Waals surface area contributed by atoms with Crippen molar-refractivity contribution in [1.29, 1.82) is 0 Å². The fraction of sp³-hybridized carbons (Fsp3) is 0.500. The molecule has 21 heavy (non-hydrogen) atoms. The molecule has 2 heterocycles. The Morgan fingerprint density at radius 2 is 2.10 bits per heavy atom. The summed E-state index contributed by atoms with van der Waals surface area (Å²) < 4.78 is 7.46. The van der Waals surface area contributed by atoms with E-state index in [2.05, 4.69) is 35.3 Å². The maximum absolute atomic E-state index is 5.56. The highest BCUT2D eigenvalue weighted by molar-refractivity contribution is 5.35. The molecule has 2 aromatic rings. The molecule has 0 saturated carbocycles.